The quantitative estimate of drug-likeness (QED) is 0.549. The van der Waals surface area contributed by atoms with Crippen LogP contribution in [0.15, 0.2) is 65.4 Å². The second-order valence-electron chi connectivity index (χ2n) is 6.18. The zero-order valence-electron chi connectivity index (χ0n) is 14.7. The minimum Gasteiger partial charge on any atom is -0.463 e. The molecule has 0 atom stereocenters. The van der Waals surface area contributed by atoms with Crippen molar-refractivity contribution < 1.29 is 4.42 Å². The van der Waals surface area contributed by atoms with Crippen molar-refractivity contribution in [3.8, 4) is 28.7 Å². The van der Waals surface area contributed by atoms with Crippen molar-refractivity contribution in [3.63, 3.8) is 0 Å². The maximum absolute atomic E-state index is 9.02. The van der Waals surface area contributed by atoms with Gasteiger partial charge in [-0.3, -0.25) is 5.10 Å². The van der Waals surface area contributed by atoms with E-state index in [-0.39, 0.29) is 0 Å². The van der Waals surface area contributed by atoms with Crippen LogP contribution in [0.3, 0.4) is 0 Å². The van der Waals surface area contributed by atoms with Gasteiger partial charge in [-0.05, 0) is 66.1 Å². The molecule has 6 heteroatoms. The van der Waals surface area contributed by atoms with Gasteiger partial charge in [0.05, 0.1) is 30.1 Å². The van der Waals surface area contributed by atoms with Gasteiger partial charge < -0.3 is 9.73 Å². The number of nitrogens with one attached hydrogen (secondary N) is 2. The fraction of sp³-hybridized carbons (Fsp3) is 0.0952. The lowest BCUT2D eigenvalue weighted by molar-refractivity contribution is 0.580. The molecule has 132 valence electrons. The third-order valence-corrected chi connectivity index (χ3v) is 4.29. The average molecular weight is 355 g/mol. The van der Waals surface area contributed by atoms with Gasteiger partial charge in [-0.15, -0.1) is 0 Å². The maximum Gasteiger partial charge on any atom is 0.151 e. The SMILES string of the molecule is Cc1cc(C#N)ccc1-c1ccnc(NCc2cc(-c3ccco3)[nH]n2)c1. The molecular formula is C21H17N5O. The molecule has 27 heavy (non-hydrogen) atoms. The van der Waals surface area contributed by atoms with E-state index in [1.165, 1.54) is 0 Å². The number of aryl methyl sites for hydroxylation is 1. The van der Waals surface area contributed by atoms with Gasteiger partial charge in [-0.1, -0.05) is 6.07 Å². The number of furan rings is 1. The smallest absolute Gasteiger partial charge is 0.151 e. The number of aromatic amines is 1. The number of aromatic nitrogens is 3. The summed E-state index contributed by atoms with van der Waals surface area (Å²) < 4.78 is 5.36. The second kappa shape index (κ2) is 7.18. The molecule has 0 spiro atoms. The van der Waals surface area contributed by atoms with Gasteiger partial charge in [0.15, 0.2) is 5.76 Å². The normalized spacial score (nSPS) is 10.5. The van der Waals surface area contributed by atoms with Crippen LogP contribution >= 0.6 is 0 Å². The van der Waals surface area contributed by atoms with E-state index in [1.54, 1.807) is 12.5 Å². The summed E-state index contributed by atoms with van der Waals surface area (Å²) in [5.41, 5.74) is 5.55. The predicted molar refractivity (Wildman–Crippen MR) is 103 cm³/mol. The van der Waals surface area contributed by atoms with Crippen LogP contribution in [0.2, 0.25) is 0 Å². The summed E-state index contributed by atoms with van der Waals surface area (Å²) in [6, 6.07) is 17.5. The van der Waals surface area contributed by atoms with E-state index >= 15 is 0 Å². The molecule has 0 saturated carbocycles. The van der Waals surface area contributed by atoms with Crippen LogP contribution in [0.1, 0.15) is 16.8 Å². The molecule has 3 heterocycles. The van der Waals surface area contributed by atoms with E-state index in [0.29, 0.717) is 12.1 Å². The van der Waals surface area contributed by atoms with Gasteiger partial charge in [0.2, 0.25) is 0 Å². The van der Waals surface area contributed by atoms with Gasteiger partial charge in [-0.2, -0.15) is 10.4 Å². The summed E-state index contributed by atoms with van der Waals surface area (Å²) in [5, 5.41) is 19.6. The van der Waals surface area contributed by atoms with Crippen LogP contribution in [0.5, 0.6) is 0 Å². The number of pyridine rings is 1. The van der Waals surface area contributed by atoms with Gasteiger partial charge in [-0.25, -0.2) is 4.98 Å². The molecule has 4 rings (SSSR count). The molecule has 4 aromatic rings. The lowest BCUT2D eigenvalue weighted by Gasteiger charge is -2.09. The summed E-state index contributed by atoms with van der Waals surface area (Å²) >= 11 is 0. The minimum atomic E-state index is 0.542. The summed E-state index contributed by atoms with van der Waals surface area (Å²) in [7, 11) is 0. The van der Waals surface area contributed by atoms with Crippen LogP contribution < -0.4 is 5.32 Å². The van der Waals surface area contributed by atoms with Gasteiger partial charge in [0.25, 0.3) is 0 Å². The third-order valence-electron chi connectivity index (χ3n) is 4.29. The van der Waals surface area contributed by atoms with E-state index in [9.17, 15) is 0 Å². The first kappa shape index (κ1) is 16.6. The first-order valence-electron chi connectivity index (χ1n) is 8.52. The van der Waals surface area contributed by atoms with Crippen LogP contribution in [0, 0.1) is 18.3 Å². The zero-order valence-corrected chi connectivity index (χ0v) is 14.7. The maximum atomic E-state index is 9.02. The molecule has 3 aromatic heterocycles. The Morgan fingerprint density at radius 2 is 2.11 bits per heavy atom. The van der Waals surface area contributed by atoms with Crippen molar-refractivity contribution in [2.24, 2.45) is 0 Å². The Bertz CT molecular complexity index is 1110. The Morgan fingerprint density at radius 3 is 2.89 bits per heavy atom. The van der Waals surface area contributed by atoms with Crippen molar-refractivity contribution in [3.05, 3.63) is 77.8 Å². The van der Waals surface area contributed by atoms with E-state index in [1.807, 2.05) is 55.5 Å². The highest BCUT2D eigenvalue weighted by molar-refractivity contribution is 5.70. The van der Waals surface area contributed by atoms with Crippen molar-refractivity contribution in [1.82, 2.24) is 15.2 Å². The Hall–Kier alpha value is -3.85. The zero-order chi connectivity index (χ0) is 18.6. The van der Waals surface area contributed by atoms with E-state index < -0.39 is 0 Å². The molecule has 0 unspecified atom stereocenters. The molecule has 0 fully saturated rings. The number of anilines is 1. The number of nitrogens with zero attached hydrogens (tertiary/aromatic N) is 3. The van der Waals surface area contributed by atoms with Crippen molar-refractivity contribution >= 4 is 5.82 Å². The molecule has 0 aliphatic heterocycles. The van der Waals surface area contributed by atoms with Gasteiger partial charge in [0.1, 0.15) is 11.5 Å². The lowest BCUT2D eigenvalue weighted by atomic mass is 9.99. The molecule has 0 amide bonds. The van der Waals surface area contributed by atoms with Crippen molar-refractivity contribution in [2.75, 3.05) is 5.32 Å². The summed E-state index contributed by atoms with van der Waals surface area (Å²) in [4.78, 5) is 4.38. The number of hydrogen-bond donors (Lipinski definition) is 2. The van der Waals surface area contributed by atoms with Crippen LogP contribution in [-0.4, -0.2) is 15.2 Å². The van der Waals surface area contributed by atoms with E-state index in [0.717, 1.165) is 39.7 Å². The fourth-order valence-corrected chi connectivity index (χ4v) is 2.94. The lowest BCUT2D eigenvalue weighted by Crippen LogP contribution is -2.01. The molecule has 0 radical (unpaired) electrons. The Balaban J connectivity index is 1.49. The Labute approximate surface area is 156 Å². The first-order chi connectivity index (χ1) is 13.2. The number of H-pyrrole nitrogens is 1. The van der Waals surface area contributed by atoms with Gasteiger partial charge in [0, 0.05) is 6.20 Å². The van der Waals surface area contributed by atoms with Crippen LogP contribution in [0.25, 0.3) is 22.6 Å². The van der Waals surface area contributed by atoms with Gasteiger partial charge >= 0.3 is 0 Å². The standard InChI is InChI=1S/C21H17N5O/c1-14-9-15(12-22)4-5-18(14)16-6-7-23-21(10-16)24-13-17-11-19(26-25-17)20-3-2-8-27-20/h2-11H,13H2,1H3,(H,23,24)(H,25,26). The van der Waals surface area contributed by atoms with Crippen molar-refractivity contribution in [1.29, 1.82) is 5.26 Å². The average Bonchev–Trinajstić information content (AvgIpc) is 3.38. The number of nitriles is 1. The third kappa shape index (κ3) is 3.58. The van der Waals surface area contributed by atoms with Crippen molar-refractivity contribution in [2.45, 2.75) is 13.5 Å². The molecular weight excluding hydrogens is 338 g/mol. The minimum absolute atomic E-state index is 0.542. The largest absolute Gasteiger partial charge is 0.463 e. The van der Waals surface area contributed by atoms with Crippen LogP contribution in [-0.2, 0) is 6.54 Å². The predicted octanol–water partition coefficient (Wildman–Crippen LogP) is 4.52. The highest BCUT2D eigenvalue weighted by Gasteiger charge is 2.08. The summed E-state index contributed by atoms with van der Waals surface area (Å²) in [6.45, 7) is 2.55. The molecule has 6 nitrogen and oxygen atoms in total. The topological polar surface area (TPSA) is 90.5 Å². The summed E-state index contributed by atoms with van der Waals surface area (Å²) in [6.07, 6.45) is 3.41. The molecule has 0 saturated heterocycles. The van der Waals surface area contributed by atoms with Crippen LogP contribution in [0.4, 0.5) is 5.82 Å². The molecule has 0 bridgehead atoms. The molecule has 1 aromatic carbocycles. The fourth-order valence-electron chi connectivity index (χ4n) is 2.94. The molecule has 0 aliphatic carbocycles. The Kier molecular flexibility index (Phi) is 4.42. The number of rotatable bonds is 5. The molecule has 0 aliphatic rings. The number of benzene rings is 1. The molecule has 2 N–H and O–H groups in total. The summed E-state index contributed by atoms with van der Waals surface area (Å²) in [5.74, 6) is 1.52. The highest BCUT2D eigenvalue weighted by Crippen LogP contribution is 2.26. The second-order valence-corrected chi connectivity index (χ2v) is 6.18. The monoisotopic (exact) mass is 355 g/mol. The Morgan fingerprint density at radius 1 is 1.19 bits per heavy atom. The highest BCUT2D eigenvalue weighted by atomic mass is 16.3. The first-order valence-corrected chi connectivity index (χ1v) is 8.52. The van der Waals surface area contributed by atoms with E-state index in [2.05, 4.69) is 26.6 Å². The number of hydrogen-bond acceptors (Lipinski definition) is 5. The van der Waals surface area contributed by atoms with E-state index in [4.69, 9.17) is 9.68 Å².